The van der Waals surface area contributed by atoms with Gasteiger partial charge in [0.05, 0.1) is 6.61 Å². The molecule has 2 aromatic carbocycles. The average Bonchev–Trinajstić information content (AvgIpc) is 2.69. The van der Waals surface area contributed by atoms with Crippen LogP contribution in [-0.4, -0.2) is 32.3 Å². The van der Waals surface area contributed by atoms with Gasteiger partial charge in [0.25, 0.3) is 0 Å². The highest BCUT2D eigenvalue weighted by molar-refractivity contribution is 5.75. The van der Waals surface area contributed by atoms with Crippen LogP contribution >= 0.6 is 0 Å². The number of amides is 1. The summed E-state index contributed by atoms with van der Waals surface area (Å²) in [5.74, 6) is 1.94. The van der Waals surface area contributed by atoms with Gasteiger partial charge < -0.3 is 19.5 Å². The summed E-state index contributed by atoms with van der Waals surface area (Å²) in [6.07, 6.45) is 2.77. The lowest BCUT2D eigenvalue weighted by molar-refractivity contribution is -0.121. The van der Waals surface area contributed by atoms with Gasteiger partial charge in [0, 0.05) is 13.0 Å². The van der Waals surface area contributed by atoms with Crippen LogP contribution in [0.4, 0.5) is 4.39 Å². The monoisotopic (exact) mass is 373 g/mol. The van der Waals surface area contributed by atoms with Gasteiger partial charge in [-0.05, 0) is 61.2 Å². The molecule has 1 aliphatic rings. The minimum Gasteiger partial charge on any atom is -0.494 e. The van der Waals surface area contributed by atoms with E-state index in [2.05, 4.69) is 5.32 Å². The highest BCUT2D eigenvalue weighted by atomic mass is 19.1. The molecule has 0 bridgehead atoms. The fourth-order valence-electron chi connectivity index (χ4n) is 2.81. The van der Waals surface area contributed by atoms with Crippen molar-refractivity contribution in [2.75, 3.05) is 26.4 Å². The molecule has 0 saturated heterocycles. The highest BCUT2D eigenvalue weighted by Crippen LogP contribution is 2.31. The van der Waals surface area contributed by atoms with Crippen LogP contribution in [0.2, 0.25) is 0 Å². The number of carbonyl (C=O) groups excluding carboxylic acids is 1. The van der Waals surface area contributed by atoms with E-state index in [9.17, 15) is 9.18 Å². The molecule has 0 spiro atoms. The molecule has 2 aromatic rings. The molecule has 0 aliphatic carbocycles. The maximum atomic E-state index is 12.8. The quantitative estimate of drug-likeness (QED) is 0.684. The fourth-order valence-corrected chi connectivity index (χ4v) is 2.81. The zero-order valence-electron chi connectivity index (χ0n) is 15.2. The Labute approximate surface area is 158 Å². The number of halogens is 1. The molecule has 6 heteroatoms. The van der Waals surface area contributed by atoms with Crippen LogP contribution in [0.5, 0.6) is 17.2 Å². The summed E-state index contributed by atoms with van der Waals surface area (Å²) in [4.78, 5) is 11.9. The van der Waals surface area contributed by atoms with Crippen LogP contribution in [0.15, 0.2) is 42.5 Å². The molecule has 1 heterocycles. The van der Waals surface area contributed by atoms with Crippen LogP contribution in [0.1, 0.15) is 24.8 Å². The van der Waals surface area contributed by atoms with Crippen LogP contribution in [-0.2, 0) is 11.2 Å². The summed E-state index contributed by atoms with van der Waals surface area (Å²) < 4.78 is 29.3. The Morgan fingerprint density at radius 2 is 1.81 bits per heavy atom. The van der Waals surface area contributed by atoms with Crippen molar-refractivity contribution in [1.29, 1.82) is 0 Å². The molecule has 0 radical (unpaired) electrons. The normalized spacial score (nSPS) is 12.5. The van der Waals surface area contributed by atoms with E-state index in [1.54, 1.807) is 12.1 Å². The van der Waals surface area contributed by atoms with Crippen molar-refractivity contribution < 1.29 is 23.4 Å². The lowest BCUT2D eigenvalue weighted by atomic mass is 10.1. The Kier molecular flexibility index (Phi) is 6.90. The molecule has 0 fully saturated rings. The molecule has 1 N–H and O–H groups in total. The second kappa shape index (κ2) is 9.80. The van der Waals surface area contributed by atoms with Gasteiger partial charge in [-0.25, -0.2) is 4.39 Å². The van der Waals surface area contributed by atoms with Gasteiger partial charge in [-0.15, -0.1) is 0 Å². The molecule has 5 nitrogen and oxygen atoms in total. The number of aryl methyl sites for hydroxylation is 1. The van der Waals surface area contributed by atoms with Crippen LogP contribution in [0.3, 0.4) is 0 Å². The van der Waals surface area contributed by atoms with Crippen LogP contribution in [0, 0.1) is 5.82 Å². The Bertz CT molecular complexity index is 748. The zero-order chi connectivity index (χ0) is 18.9. The van der Waals surface area contributed by atoms with E-state index in [1.165, 1.54) is 12.1 Å². The van der Waals surface area contributed by atoms with E-state index in [0.717, 1.165) is 29.9 Å². The fraction of sp³-hybridized carbons (Fsp3) is 0.381. The summed E-state index contributed by atoms with van der Waals surface area (Å²) in [5, 5.41) is 2.89. The van der Waals surface area contributed by atoms with Crippen molar-refractivity contribution in [2.45, 2.75) is 25.7 Å². The summed E-state index contributed by atoms with van der Waals surface area (Å²) in [6, 6.07) is 11.8. The van der Waals surface area contributed by atoms with Crippen LogP contribution in [0.25, 0.3) is 0 Å². The molecule has 144 valence electrons. The second-order valence-electron chi connectivity index (χ2n) is 6.34. The van der Waals surface area contributed by atoms with E-state index in [4.69, 9.17) is 14.2 Å². The molecule has 0 atom stereocenters. The zero-order valence-corrected chi connectivity index (χ0v) is 15.2. The molecule has 3 rings (SSSR count). The summed E-state index contributed by atoms with van der Waals surface area (Å²) in [6.45, 7) is 2.19. The van der Waals surface area contributed by atoms with Crippen molar-refractivity contribution in [3.05, 3.63) is 53.8 Å². The van der Waals surface area contributed by atoms with E-state index >= 15 is 0 Å². The summed E-state index contributed by atoms with van der Waals surface area (Å²) in [5.41, 5.74) is 1.14. The number of carbonyl (C=O) groups is 1. The van der Waals surface area contributed by atoms with E-state index in [1.807, 2.05) is 18.2 Å². The molecule has 27 heavy (non-hydrogen) atoms. The minimum atomic E-state index is -0.286. The highest BCUT2D eigenvalue weighted by Gasteiger charge is 2.11. The first-order valence-corrected chi connectivity index (χ1v) is 9.24. The largest absolute Gasteiger partial charge is 0.494 e. The predicted octanol–water partition coefficient (Wildman–Crippen LogP) is 3.50. The first-order valence-electron chi connectivity index (χ1n) is 9.24. The maximum absolute atomic E-state index is 12.8. The number of ether oxygens (including phenoxy) is 3. The number of hydrogen-bond acceptors (Lipinski definition) is 4. The minimum absolute atomic E-state index is 0.0364. The van der Waals surface area contributed by atoms with Gasteiger partial charge in [-0.2, -0.15) is 0 Å². The van der Waals surface area contributed by atoms with Gasteiger partial charge in [0.15, 0.2) is 11.5 Å². The maximum Gasteiger partial charge on any atom is 0.220 e. The SMILES string of the molecule is O=C(CCCc1ccc2c(c1)OCCO2)NCCCOc1ccc(F)cc1. The average molecular weight is 373 g/mol. The third kappa shape index (κ3) is 6.16. The predicted molar refractivity (Wildman–Crippen MR) is 99.9 cm³/mol. The van der Waals surface area contributed by atoms with Crippen molar-refractivity contribution in [3.8, 4) is 17.2 Å². The molecular formula is C21H24FNO4. The van der Waals surface area contributed by atoms with Crippen molar-refractivity contribution >= 4 is 5.91 Å². The lowest BCUT2D eigenvalue weighted by Gasteiger charge is -2.18. The third-order valence-corrected chi connectivity index (χ3v) is 4.20. The molecule has 1 aliphatic heterocycles. The molecular weight excluding hydrogens is 349 g/mol. The summed E-state index contributed by atoms with van der Waals surface area (Å²) in [7, 11) is 0. The van der Waals surface area contributed by atoms with E-state index in [-0.39, 0.29) is 11.7 Å². The Hall–Kier alpha value is -2.76. The smallest absolute Gasteiger partial charge is 0.220 e. The van der Waals surface area contributed by atoms with Gasteiger partial charge in [-0.3, -0.25) is 4.79 Å². The van der Waals surface area contributed by atoms with Gasteiger partial charge in [0.2, 0.25) is 5.91 Å². The van der Waals surface area contributed by atoms with Gasteiger partial charge in [-0.1, -0.05) is 6.07 Å². The number of rotatable bonds is 9. The second-order valence-corrected chi connectivity index (χ2v) is 6.34. The van der Waals surface area contributed by atoms with Crippen LogP contribution < -0.4 is 19.5 Å². The van der Waals surface area contributed by atoms with Gasteiger partial charge in [0.1, 0.15) is 24.8 Å². The first-order chi connectivity index (χ1) is 13.2. The Morgan fingerprint density at radius 3 is 2.63 bits per heavy atom. The first kappa shape index (κ1) is 19.0. The molecule has 0 saturated carbocycles. The van der Waals surface area contributed by atoms with E-state index < -0.39 is 0 Å². The molecule has 0 aromatic heterocycles. The number of benzene rings is 2. The number of fused-ring (bicyclic) bond motifs is 1. The lowest BCUT2D eigenvalue weighted by Crippen LogP contribution is -2.25. The number of nitrogens with one attached hydrogen (secondary N) is 1. The number of hydrogen-bond donors (Lipinski definition) is 1. The Balaban J connectivity index is 1.27. The summed E-state index contributed by atoms with van der Waals surface area (Å²) >= 11 is 0. The molecule has 0 unspecified atom stereocenters. The third-order valence-electron chi connectivity index (χ3n) is 4.20. The molecule has 1 amide bonds. The van der Waals surface area contributed by atoms with Crippen molar-refractivity contribution in [3.63, 3.8) is 0 Å². The van der Waals surface area contributed by atoms with Crippen molar-refractivity contribution in [2.24, 2.45) is 0 Å². The van der Waals surface area contributed by atoms with Gasteiger partial charge >= 0.3 is 0 Å². The van der Waals surface area contributed by atoms with E-state index in [0.29, 0.717) is 45.0 Å². The standard InChI is InChI=1S/C21H24FNO4/c22-17-6-8-18(9-7-17)25-12-2-11-23-21(24)4-1-3-16-5-10-19-20(15-16)27-14-13-26-19/h5-10,15H,1-4,11-14H2,(H,23,24). The Morgan fingerprint density at radius 1 is 1.04 bits per heavy atom. The topological polar surface area (TPSA) is 56.8 Å². The van der Waals surface area contributed by atoms with Crippen molar-refractivity contribution in [1.82, 2.24) is 5.32 Å².